The van der Waals surface area contributed by atoms with Crippen LogP contribution in [0.1, 0.15) is 0 Å². The third-order valence-corrected chi connectivity index (χ3v) is 3.42. The Morgan fingerprint density at radius 1 is 1.05 bits per heavy atom. The van der Waals surface area contributed by atoms with E-state index in [9.17, 15) is 0 Å². The van der Waals surface area contributed by atoms with Gasteiger partial charge in [-0.25, -0.2) is 0 Å². The van der Waals surface area contributed by atoms with E-state index in [-0.39, 0.29) is 0 Å². The van der Waals surface area contributed by atoms with E-state index in [1.165, 1.54) is 0 Å². The second-order valence-electron chi connectivity index (χ2n) is 4.35. The fraction of sp³-hybridized carbons (Fsp3) is 0.0625. The van der Waals surface area contributed by atoms with Crippen LogP contribution < -0.4 is 10.1 Å². The zero-order valence-electron chi connectivity index (χ0n) is 10.9. The van der Waals surface area contributed by atoms with Crippen LogP contribution in [0.4, 0.5) is 11.4 Å². The van der Waals surface area contributed by atoms with E-state index in [1.807, 2.05) is 48.5 Å². The quantitative estimate of drug-likeness (QED) is 0.761. The van der Waals surface area contributed by atoms with Gasteiger partial charge in [-0.2, -0.15) is 0 Å². The van der Waals surface area contributed by atoms with Crippen LogP contribution in [0.2, 0.25) is 5.02 Å². The van der Waals surface area contributed by atoms with E-state index in [1.54, 1.807) is 13.3 Å². The van der Waals surface area contributed by atoms with Crippen molar-refractivity contribution in [2.75, 3.05) is 12.4 Å². The van der Waals surface area contributed by atoms with Crippen molar-refractivity contribution < 1.29 is 4.74 Å². The number of para-hydroxylation sites is 1. The maximum absolute atomic E-state index is 6.18. The van der Waals surface area contributed by atoms with Crippen molar-refractivity contribution in [1.82, 2.24) is 4.98 Å². The molecule has 0 fully saturated rings. The van der Waals surface area contributed by atoms with Crippen molar-refractivity contribution in [3.05, 3.63) is 59.8 Å². The highest BCUT2D eigenvalue weighted by Crippen LogP contribution is 2.30. The Kier molecular flexibility index (Phi) is 3.44. The standard InChI is InChI=1S/C16H13ClN2O/c1-20-11-6-7-14-12(10-11)15(8-9-18-14)19-16-5-3-2-4-13(16)17/h2-10H,1H3,(H,18,19). The van der Waals surface area contributed by atoms with Crippen LogP contribution in [-0.2, 0) is 0 Å². The molecule has 1 aromatic heterocycles. The molecule has 3 rings (SSSR count). The highest BCUT2D eigenvalue weighted by Gasteiger charge is 2.05. The van der Waals surface area contributed by atoms with Crippen molar-refractivity contribution in [3.63, 3.8) is 0 Å². The first-order valence-corrected chi connectivity index (χ1v) is 6.60. The van der Waals surface area contributed by atoms with Gasteiger partial charge >= 0.3 is 0 Å². The lowest BCUT2D eigenvalue weighted by molar-refractivity contribution is 0.415. The summed E-state index contributed by atoms with van der Waals surface area (Å²) >= 11 is 6.18. The van der Waals surface area contributed by atoms with Crippen molar-refractivity contribution in [2.45, 2.75) is 0 Å². The molecule has 1 N–H and O–H groups in total. The Balaban J connectivity index is 2.09. The summed E-state index contributed by atoms with van der Waals surface area (Å²) in [7, 11) is 1.65. The summed E-state index contributed by atoms with van der Waals surface area (Å²) in [6.45, 7) is 0. The molecule has 0 atom stereocenters. The molecular weight excluding hydrogens is 272 g/mol. The number of ether oxygens (including phenoxy) is 1. The lowest BCUT2D eigenvalue weighted by atomic mass is 10.1. The fourth-order valence-electron chi connectivity index (χ4n) is 2.07. The number of rotatable bonds is 3. The molecule has 0 aliphatic heterocycles. The highest BCUT2D eigenvalue weighted by molar-refractivity contribution is 6.33. The third kappa shape index (κ3) is 2.40. The Hall–Kier alpha value is -2.26. The number of halogens is 1. The predicted octanol–water partition coefficient (Wildman–Crippen LogP) is 4.64. The minimum atomic E-state index is 0.681. The van der Waals surface area contributed by atoms with E-state index in [0.717, 1.165) is 28.0 Å². The van der Waals surface area contributed by atoms with Gasteiger partial charge in [0, 0.05) is 17.3 Å². The molecule has 100 valence electrons. The minimum Gasteiger partial charge on any atom is -0.497 e. The fourth-order valence-corrected chi connectivity index (χ4v) is 2.25. The second-order valence-corrected chi connectivity index (χ2v) is 4.75. The van der Waals surface area contributed by atoms with Gasteiger partial charge in [0.2, 0.25) is 0 Å². The van der Waals surface area contributed by atoms with Gasteiger partial charge in [0.15, 0.2) is 0 Å². The molecule has 2 aromatic carbocycles. The van der Waals surface area contributed by atoms with Crippen LogP contribution in [0.25, 0.3) is 10.9 Å². The van der Waals surface area contributed by atoms with Crippen LogP contribution in [-0.4, -0.2) is 12.1 Å². The zero-order chi connectivity index (χ0) is 13.9. The normalized spacial score (nSPS) is 10.5. The van der Waals surface area contributed by atoms with Crippen molar-refractivity contribution in [2.24, 2.45) is 0 Å². The summed E-state index contributed by atoms with van der Waals surface area (Å²) in [6, 6.07) is 15.4. The molecule has 3 nitrogen and oxygen atoms in total. The molecule has 0 aliphatic carbocycles. The number of pyridine rings is 1. The van der Waals surface area contributed by atoms with E-state index < -0.39 is 0 Å². The molecule has 1 heterocycles. The first-order valence-electron chi connectivity index (χ1n) is 6.22. The number of methoxy groups -OCH3 is 1. The number of nitrogens with one attached hydrogen (secondary N) is 1. The van der Waals surface area contributed by atoms with E-state index in [2.05, 4.69) is 10.3 Å². The maximum Gasteiger partial charge on any atom is 0.119 e. The summed E-state index contributed by atoms with van der Waals surface area (Å²) < 4.78 is 5.27. The number of fused-ring (bicyclic) bond motifs is 1. The van der Waals surface area contributed by atoms with Crippen LogP contribution in [0.5, 0.6) is 5.75 Å². The summed E-state index contributed by atoms with van der Waals surface area (Å²) in [5.74, 6) is 0.799. The molecule has 0 amide bonds. The van der Waals surface area contributed by atoms with Crippen LogP contribution in [0.3, 0.4) is 0 Å². The van der Waals surface area contributed by atoms with Gasteiger partial charge in [-0.3, -0.25) is 4.98 Å². The third-order valence-electron chi connectivity index (χ3n) is 3.09. The summed E-state index contributed by atoms with van der Waals surface area (Å²) in [4.78, 5) is 4.35. The first-order chi connectivity index (χ1) is 9.78. The number of nitrogens with zero attached hydrogens (tertiary/aromatic N) is 1. The summed E-state index contributed by atoms with van der Waals surface area (Å²) in [5.41, 5.74) is 2.72. The largest absolute Gasteiger partial charge is 0.497 e. The van der Waals surface area contributed by atoms with E-state index in [0.29, 0.717) is 5.02 Å². The number of anilines is 2. The number of benzene rings is 2. The van der Waals surface area contributed by atoms with Gasteiger partial charge in [-0.05, 0) is 36.4 Å². The summed E-state index contributed by atoms with van der Waals surface area (Å²) in [5, 5.41) is 5.01. The smallest absolute Gasteiger partial charge is 0.119 e. The molecule has 0 radical (unpaired) electrons. The lowest BCUT2D eigenvalue weighted by Crippen LogP contribution is -1.94. The van der Waals surface area contributed by atoms with Crippen LogP contribution >= 0.6 is 11.6 Å². The molecule has 3 aromatic rings. The minimum absolute atomic E-state index is 0.681. The van der Waals surface area contributed by atoms with Gasteiger partial charge in [0.1, 0.15) is 5.75 Å². The first kappa shape index (κ1) is 12.8. The molecule has 4 heteroatoms. The Morgan fingerprint density at radius 2 is 1.90 bits per heavy atom. The number of hydrogen-bond acceptors (Lipinski definition) is 3. The maximum atomic E-state index is 6.18. The van der Waals surface area contributed by atoms with Gasteiger partial charge in [-0.1, -0.05) is 23.7 Å². The molecule has 0 saturated carbocycles. The molecule has 0 bridgehead atoms. The average Bonchev–Trinajstić information content (AvgIpc) is 2.49. The van der Waals surface area contributed by atoms with Crippen molar-refractivity contribution >= 4 is 33.9 Å². The van der Waals surface area contributed by atoms with Gasteiger partial charge < -0.3 is 10.1 Å². The Bertz CT molecular complexity index is 758. The van der Waals surface area contributed by atoms with Crippen LogP contribution in [0.15, 0.2) is 54.7 Å². The molecule has 0 spiro atoms. The molecular formula is C16H13ClN2O. The van der Waals surface area contributed by atoms with E-state index >= 15 is 0 Å². The summed E-state index contributed by atoms with van der Waals surface area (Å²) in [6.07, 6.45) is 1.77. The molecule has 0 aliphatic rings. The average molecular weight is 285 g/mol. The number of hydrogen-bond donors (Lipinski definition) is 1. The van der Waals surface area contributed by atoms with Gasteiger partial charge in [0.05, 0.1) is 23.3 Å². The Labute approximate surface area is 122 Å². The highest BCUT2D eigenvalue weighted by atomic mass is 35.5. The topological polar surface area (TPSA) is 34.1 Å². The molecule has 0 unspecified atom stereocenters. The molecule has 20 heavy (non-hydrogen) atoms. The second kappa shape index (κ2) is 5.39. The van der Waals surface area contributed by atoms with Gasteiger partial charge in [-0.15, -0.1) is 0 Å². The van der Waals surface area contributed by atoms with E-state index in [4.69, 9.17) is 16.3 Å². The zero-order valence-corrected chi connectivity index (χ0v) is 11.7. The van der Waals surface area contributed by atoms with Crippen LogP contribution in [0, 0.1) is 0 Å². The van der Waals surface area contributed by atoms with Crippen molar-refractivity contribution in [1.29, 1.82) is 0 Å². The SMILES string of the molecule is COc1ccc2nccc(Nc3ccccc3Cl)c2c1. The number of aromatic nitrogens is 1. The molecule has 0 saturated heterocycles. The van der Waals surface area contributed by atoms with Crippen molar-refractivity contribution in [3.8, 4) is 5.75 Å². The van der Waals surface area contributed by atoms with Gasteiger partial charge in [0.25, 0.3) is 0 Å². The predicted molar refractivity (Wildman–Crippen MR) is 83.0 cm³/mol. The monoisotopic (exact) mass is 284 g/mol. The lowest BCUT2D eigenvalue weighted by Gasteiger charge is -2.11. The Morgan fingerprint density at radius 3 is 2.70 bits per heavy atom.